The van der Waals surface area contributed by atoms with Crippen LogP contribution < -0.4 is 15.5 Å². The molecule has 1 aromatic rings. The van der Waals surface area contributed by atoms with Gasteiger partial charge in [-0.1, -0.05) is 20.8 Å². The number of hydrogen-bond donors (Lipinski definition) is 2. The summed E-state index contributed by atoms with van der Waals surface area (Å²) >= 11 is 1.79. The first-order valence-corrected chi connectivity index (χ1v) is 9.32. The second-order valence-corrected chi connectivity index (χ2v) is 7.83. The number of amides is 1. The van der Waals surface area contributed by atoms with Gasteiger partial charge in [-0.25, -0.2) is 0 Å². The molecule has 0 radical (unpaired) electrons. The molecular formula is C17H30IN5OS. The summed E-state index contributed by atoms with van der Waals surface area (Å²) in [7, 11) is 1.81. The van der Waals surface area contributed by atoms with E-state index in [4.69, 9.17) is 0 Å². The van der Waals surface area contributed by atoms with Gasteiger partial charge in [0.1, 0.15) is 0 Å². The van der Waals surface area contributed by atoms with E-state index in [-0.39, 0.29) is 35.3 Å². The Bertz CT molecular complexity index is 548. The largest absolute Gasteiger partial charge is 0.360 e. The zero-order valence-electron chi connectivity index (χ0n) is 15.5. The van der Waals surface area contributed by atoms with Crippen molar-refractivity contribution in [3.8, 4) is 0 Å². The summed E-state index contributed by atoms with van der Waals surface area (Å²) < 4.78 is 0. The van der Waals surface area contributed by atoms with Crippen LogP contribution in [0.4, 0.5) is 5.00 Å². The van der Waals surface area contributed by atoms with Crippen molar-refractivity contribution < 1.29 is 4.79 Å². The van der Waals surface area contributed by atoms with Crippen LogP contribution in [0.5, 0.6) is 0 Å². The van der Waals surface area contributed by atoms with Crippen LogP contribution in [0.15, 0.2) is 22.5 Å². The summed E-state index contributed by atoms with van der Waals surface area (Å²) in [5, 5.41) is 9.74. The van der Waals surface area contributed by atoms with Crippen molar-refractivity contribution in [2.45, 2.75) is 20.8 Å². The van der Waals surface area contributed by atoms with Gasteiger partial charge in [0.2, 0.25) is 5.91 Å². The fourth-order valence-electron chi connectivity index (χ4n) is 2.54. The van der Waals surface area contributed by atoms with Gasteiger partial charge in [-0.3, -0.25) is 9.79 Å². The fraction of sp³-hybridized carbons (Fsp3) is 0.647. The summed E-state index contributed by atoms with van der Waals surface area (Å²) in [5.74, 6) is 0.981. The molecule has 0 aliphatic carbocycles. The van der Waals surface area contributed by atoms with Crippen LogP contribution >= 0.6 is 35.3 Å². The first kappa shape index (κ1) is 22.0. The van der Waals surface area contributed by atoms with Gasteiger partial charge in [0.15, 0.2) is 5.96 Å². The predicted molar refractivity (Wildman–Crippen MR) is 117 cm³/mol. The molecule has 1 aliphatic heterocycles. The van der Waals surface area contributed by atoms with Gasteiger partial charge in [-0.05, 0) is 17.5 Å². The van der Waals surface area contributed by atoms with Gasteiger partial charge in [0.05, 0.1) is 5.00 Å². The van der Waals surface area contributed by atoms with E-state index in [9.17, 15) is 4.79 Å². The molecule has 0 unspecified atom stereocenters. The molecule has 25 heavy (non-hydrogen) atoms. The molecule has 1 fully saturated rings. The summed E-state index contributed by atoms with van der Waals surface area (Å²) in [5.41, 5.74) is -0.347. The first-order chi connectivity index (χ1) is 11.4. The van der Waals surface area contributed by atoms with Crippen molar-refractivity contribution >= 4 is 52.2 Å². The van der Waals surface area contributed by atoms with Crippen molar-refractivity contribution in [3.05, 3.63) is 17.5 Å². The Morgan fingerprint density at radius 2 is 1.84 bits per heavy atom. The molecule has 0 aromatic carbocycles. The van der Waals surface area contributed by atoms with E-state index >= 15 is 0 Å². The minimum Gasteiger partial charge on any atom is -0.360 e. The van der Waals surface area contributed by atoms with E-state index in [0.717, 1.165) is 32.1 Å². The molecule has 1 amide bonds. The summed E-state index contributed by atoms with van der Waals surface area (Å²) in [6.07, 6.45) is 0. The Morgan fingerprint density at radius 3 is 2.36 bits per heavy atom. The molecule has 0 spiro atoms. The predicted octanol–water partition coefficient (Wildman–Crippen LogP) is 2.23. The van der Waals surface area contributed by atoms with Crippen LogP contribution in [-0.4, -0.2) is 63.1 Å². The number of guanidine groups is 1. The van der Waals surface area contributed by atoms with E-state index < -0.39 is 0 Å². The molecule has 2 heterocycles. The van der Waals surface area contributed by atoms with Crippen molar-refractivity contribution in [3.63, 3.8) is 0 Å². The van der Waals surface area contributed by atoms with Crippen molar-refractivity contribution in [1.29, 1.82) is 0 Å². The third kappa shape index (κ3) is 6.65. The first-order valence-electron chi connectivity index (χ1n) is 8.44. The maximum atomic E-state index is 11.8. The lowest BCUT2D eigenvalue weighted by atomic mass is 9.96. The third-order valence-corrected chi connectivity index (χ3v) is 4.91. The highest BCUT2D eigenvalue weighted by molar-refractivity contribution is 14.0. The van der Waals surface area contributed by atoms with Gasteiger partial charge >= 0.3 is 0 Å². The molecule has 6 nitrogen and oxygen atoms in total. The lowest BCUT2D eigenvalue weighted by molar-refractivity contribution is -0.128. The van der Waals surface area contributed by atoms with Crippen LogP contribution in [0.1, 0.15) is 20.8 Å². The average molecular weight is 479 g/mol. The SMILES string of the molecule is CN=C(NCCNC(=O)C(C)(C)C)N1CCN(c2cccs2)CC1.I. The normalized spacial score (nSPS) is 15.6. The second-order valence-electron chi connectivity index (χ2n) is 6.91. The van der Waals surface area contributed by atoms with Gasteiger partial charge in [-0.15, -0.1) is 35.3 Å². The number of rotatable bonds is 4. The molecule has 2 rings (SSSR count). The molecule has 2 N–H and O–H groups in total. The van der Waals surface area contributed by atoms with E-state index in [1.54, 1.807) is 11.3 Å². The zero-order valence-corrected chi connectivity index (χ0v) is 18.7. The minimum absolute atomic E-state index is 0. The van der Waals surface area contributed by atoms with E-state index in [0.29, 0.717) is 13.1 Å². The Morgan fingerprint density at radius 1 is 1.20 bits per heavy atom. The maximum Gasteiger partial charge on any atom is 0.225 e. The van der Waals surface area contributed by atoms with Crippen molar-refractivity contribution in [1.82, 2.24) is 15.5 Å². The van der Waals surface area contributed by atoms with Crippen LogP contribution in [0, 0.1) is 5.41 Å². The second kappa shape index (κ2) is 10.2. The van der Waals surface area contributed by atoms with E-state index in [1.807, 2.05) is 27.8 Å². The molecule has 0 saturated carbocycles. The number of nitrogens with zero attached hydrogens (tertiary/aromatic N) is 3. The molecule has 8 heteroatoms. The quantitative estimate of drug-likeness (QED) is 0.301. The molecule has 0 bridgehead atoms. The van der Waals surface area contributed by atoms with Crippen molar-refractivity contribution in [2.75, 3.05) is 51.2 Å². The third-order valence-electron chi connectivity index (χ3n) is 3.98. The summed E-state index contributed by atoms with van der Waals surface area (Å²) in [4.78, 5) is 20.9. The molecule has 142 valence electrons. The van der Waals surface area contributed by atoms with Crippen LogP contribution in [0.3, 0.4) is 0 Å². The topological polar surface area (TPSA) is 60.0 Å². The fourth-order valence-corrected chi connectivity index (χ4v) is 3.32. The molecule has 0 atom stereocenters. The van der Waals surface area contributed by atoms with Crippen molar-refractivity contribution in [2.24, 2.45) is 10.4 Å². The number of piperazine rings is 1. The van der Waals surface area contributed by atoms with Crippen LogP contribution in [-0.2, 0) is 4.79 Å². The van der Waals surface area contributed by atoms with Gasteiger partial charge in [0.25, 0.3) is 0 Å². The van der Waals surface area contributed by atoms with E-state index in [1.165, 1.54) is 5.00 Å². The number of anilines is 1. The number of carbonyl (C=O) groups is 1. The lowest BCUT2D eigenvalue weighted by Gasteiger charge is -2.37. The molecule has 1 aliphatic rings. The van der Waals surface area contributed by atoms with Gasteiger partial charge < -0.3 is 20.4 Å². The standard InChI is InChI=1S/C17H29N5OS.HI/c1-17(2,3)15(23)19-7-8-20-16(18-4)22-11-9-21(10-12-22)14-6-5-13-24-14;/h5-6,13H,7-12H2,1-4H3,(H,18,20)(H,19,23);1H. The smallest absolute Gasteiger partial charge is 0.225 e. The number of halogens is 1. The number of carbonyl (C=O) groups excluding carboxylic acids is 1. The number of hydrogen-bond acceptors (Lipinski definition) is 4. The number of nitrogens with one attached hydrogen (secondary N) is 2. The maximum absolute atomic E-state index is 11.8. The summed E-state index contributed by atoms with van der Waals surface area (Å²) in [6.45, 7) is 10.9. The Labute approximate surface area is 172 Å². The Hall–Kier alpha value is -1.03. The van der Waals surface area contributed by atoms with Gasteiger partial charge in [0, 0.05) is 51.7 Å². The number of thiophene rings is 1. The van der Waals surface area contributed by atoms with Crippen LogP contribution in [0.2, 0.25) is 0 Å². The Kier molecular flexibility index (Phi) is 8.98. The number of aliphatic imine (C=N–C) groups is 1. The van der Waals surface area contributed by atoms with E-state index in [2.05, 4.69) is 42.9 Å². The minimum atomic E-state index is -0.347. The summed E-state index contributed by atoms with van der Waals surface area (Å²) in [6, 6.07) is 4.27. The zero-order chi connectivity index (χ0) is 17.6. The van der Waals surface area contributed by atoms with Crippen LogP contribution in [0.25, 0.3) is 0 Å². The molecular weight excluding hydrogens is 449 g/mol. The van der Waals surface area contributed by atoms with Gasteiger partial charge in [-0.2, -0.15) is 0 Å². The highest BCUT2D eigenvalue weighted by Crippen LogP contribution is 2.22. The Balaban J connectivity index is 0.00000312. The molecule has 1 saturated heterocycles. The highest BCUT2D eigenvalue weighted by Gasteiger charge is 2.21. The monoisotopic (exact) mass is 479 g/mol. The average Bonchev–Trinajstić information content (AvgIpc) is 3.08. The lowest BCUT2D eigenvalue weighted by Crippen LogP contribution is -2.53. The molecule has 1 aromatic heterocycles. The highest BCUT2D eigenvalue weighted by atomic mass is 127.